The molecule has 2 N–H and O–H groups in total. The number of benzene rings is 1. The summed E-state index contributed by atoms with van der Waals surface area (Å²) >= 11 is 1.94. The number of aromatic hydroxyl groups is 1. The van der Waals surface area contributed by atoms with Crippen molar-refractivity contribution in [3.05, 3.63) is 12.1 Å². The highest BCUT2D eigenvalue weighted by Crippen LogP contribution is 2.36. The minimum Gasteiger partial charge on any atom is -0.504 e. The lowest BCUT2D eigenvalue weighted by atomic mass is 10.1. The van der Waals surface area contributed by atoms with Crippen molar-refractivity contribution in [1.29, 1.82) is 0 Å². The fourth-order valence-electron chi connectivity index (χ4n) is 3.62. The molecule has 0 saturated carbocycles. The highest BCUT2D eigenvalue weighted by atomic mass is 32.2. The van der Waals surface area contributed by atoms with Crippen molar-refractivity contribution in [2.45, 2.75) is 37.6 Å². The Morgan fingerprint density at radius 3 is 2.61 bits per heavy atom. The Morgan fingerprint density at radius 1 is 1.21 bits per heavy atom. The number of halogens is 2. The molecule has 6 nitrogen and oxygen atoms in total. The van der Waals surface area contributed by atoms with Crippen molar-refractivity contribution in [2.24, 2.45) is 0 Å². The van der Waals surface area contributed by atoms with Gasteiger partial charge in [0.15, 0.2) is 11.5 Å². The molecule has 2 aliphatic rings. The summed E-state index contributed by atoms with van der Waals surface area (Å²) in [6, 6.07) is 3.57. The Hall–Kier alpha value is -2.03. The van der Waals surface area contributed by atoms with Crippen LogP contribution in [0.25, 0.3) is 10.9 Å². The van der Waals surface area contributed by atoms with E-state index in [0.29, 0.717) is 29.1 Å². The Bertz CT molecular complexity index is 851. The topological polar surface area (TPSA) is 70.5 Å². The first-order valence-corrected chi connectivity index (χ1v) is 10.7. The number of thioether (sulfide) groups is 1. The van der Waals surface area contributed by atoms with Crippen molar-refractivity contribution in [2.75, 3.05) is 41.9 Å². The lowest BCUT2D eigenvalue weighted by Crippen LogP contribution is -2.40. The van der Waals surface area contributed by atoms with Gasteiger partial charge in [-0.25, -0.2) is 13.8 Å². The van der Waals surface area contributed by atoms with Crippen LogP contribution in [-0.2, 0) is 0 Å². The molecule has 2 aromatic rings. The van der Waals surface area contributed by atoms with E-state index in [4.69, 9.17) is 4.74 Å². The van der Waals surface area contributed by atoms with Gasteiger partial charge in [0.1, 0.15) is 5.82 Å². The molecule has 28 heavy (non-hydrogen) atoms. The van der Waals surface area contributed by atoms with Gasteiger partial charge in [-0.05, 0) is 30.4 Å². The van der Waals surface area contributed by atoms with Gasteiger partial charge in [0.05, 0.1) is 12.6 Å². The number of hydrogen-bond donors (Lipinski definition) is 2. The third-order valence-corrected chi connectivity index (χ3v) is 6.37. The van der Waals surface area contributed by atoms with Crippen LogP contribution in [0.4, 0.5) is 20.5 Å². The lowest BCUT2D eigenvalue weighted by molar-refractivity contribution is -0.0222. The number of methoxy groups -OCH3 is 1. The summed E-state index contributed by atoms with van der Waals surface area (Å²) < 4.78 is 32.3. The highest BCUT2D eigenvalue weighted by Gasteiger charge is 2.35. The molecule has 2 aliphatic heterocycles. The number of ether oxygens (including phenoxy) is 1. The predicted molar refractivity (Wildman–Crippen MR) is 108 cm³/mol. The van der Waals surface area contributed by atoms with E-state index in [9.17, 15) is 13.9 Å². The molecular weight excluding hydrogens is 386 g/mol. The second-order valence-electron chi connectivity index (χ2n) is 7.29. The van der Waals surface area contributed by atoms with Crippen molar-refractivity contribution in [3.8, 4) is 11.5 Å². The number of piperidine rings is 1. The van der Waals surface area contributed by atoms with E-state index in [1.165, 1.54) is 7.11 Å². The summed E-state index contributed by atoms with van der Waals surface area (Å²) in [4.78, 5) is 11.0. The summed E-state index contributed by atoms with van der Waals surface area (Å²) in [7, 11) is 1.50. The van der Waals surface area contributed by atoms with E-state index >= 15 is 0 Å². The summed E-state index contributed by atoms with van der Waals surface area (Å²) in [5.74, 6) is 0.985. The number of hydrogen-bond acceptors (Lipinski definition) is 7. The molecule has 0 atom stereocenters. The largest absolute Gasteiger partial charge is 0.504 e. The molecule has 152 valence electrons. The maximum Gasteiger partial charge on any atom is 0.251 e. The van der Waals surface area contributed by atoms with Crippen LogP contribution in [0.5, 0.6) is 11.5 Å². The minimum atomic E-state index is -2.63. The zero-order valence-corrected chi connectivity index (χ0v) is 16.6. The number of phenols is 1. The van der Waals surface area contributed by atoms with Gasteiger partial charge in [0, 0.05) is 43.4 Å². The average molecular weight is 410 g/mol. The van der Waals surface area contributed by atoms with Gasteiger partial charge < -0.3 is 20.1 Å². The van der Waals surface area contributed by atoms with Crippen molar-refractivity contribution in [1.82, 2.24) is 9.97 Å². The van der Waals surface area contributed by atoms with E-state index in [1.54, 1.807) is 17.0 Å². The molecule has 4 rings (SSSR count). The summed E-state index contributed by atoms with van der Waals surface area (Å²) in [6.07, 6.45) is 1.67. The number of nitrogens with one attached hydrogen (secondary N) is 1. The number of phenolic OH excluding ortho intramolecular Hbond substituents is 1. The molecule has 0 aliphatic carbocycles. The second kappa shape index (κ2) is 7.77. The third-order valence-electron chi connectivity index (χ3n) is 5.32. The maximum absolute atomic E-state index is 13.5. The Balaban J connectivity index is 1.72. The summed E-state index contributed by atoms with van der Waals surface area (Å²) in [5.41, 5.74) is 0.563. The number of nitrogens with zero attached hydrogens (tertiary/aromatic N) is 3. The molecule has 1 aromatic heterocycles. The molecular formula is C19H24F2N4O2S. The van der Waals surface area contributed by atoms with Crippen LogP contribution in [0.3, 0.4) is 0 Å². The number of rotatable bonds is 4. The summed E-state index contributed by atoms with van der Waals surface area (Å²) in [5, 5.41) is 14.4. The van der Waals surface area contributed by atoms with E-state index < -0.39 is 5.92 Å². The standard InChI is InChI=1S/C19H24F2N4O2S/c1-27-16-10-13-14(11-15(16)26)23-18(25-6-4-19(20,21)5-7-25)24-17(13)22-12-2-8-28-9-3-12/h10-12,26H,2-9H2,1H3,(H,22,23,24). The maximum atomic E-state index is 13.5. The van der Waals surface area contributed by atoms with Gasteiger partial charge in [-0.1, -0.05) is 0 Å². The number of fused-ring (bicyclic) bond motifs is 1. The molecule has 0 bridgehead atoms. The number of anilines is 2. The Morgan fingerprint density at radius 2 is 1.93 bits per heavy atom. The van der Waals surface area contributed by atoms with Crippen molar-refractivity contribution < 1.29 is 18.6 Å². The fourth-order valence-corrected chi connectivity index (χ4v) is 4.72. The van der Waals surface area contributed by atoms with E-state index in [0.717, 1.165) is 29.7 Å². The van der Waals surface area contributed by atoms with Crippen LogP contribution >= 0.6 is 11.8 Å². The van der Waals surface area contributed by atoms with Crippen LogP contribution < -0.4 is 15.0 Å². The molecule has 0 amide bonds. The second-order valence-corrected chi connectivity index (χ2v) is 8.51. The lowest BCUT2D eigenvalue weighted by Gasteiger charge is -2.32. The van der Waals surface area contributed by atoms with Crippen LogP contribution in [-0.4, -0.2) is 58.7 Å². The first-order chi connectivity index (χ1) is 13.4. The molecule has 9 heteroatoms. The van der Waals surface area contributed by atoms with Crippen LogP contribution in [0.1, 0.15) is 25.7 Å². The van der Waals surface area contributed by atoms with Crippen molar-refractivity contribution >= 4 is 34.4 Å². The molecule has 0 spiro atoms. The number of aromatic nitrogens is 2. The van der Waals surface area contributed by atoms with Crippen LogP contribution in [0, 0.1) is 0 Å². The minimum absolute atomic E-state index is 0.00940. The molecule has 2 saturated heterocycles. The number of alkyl halides is 2. The van der Waals surface area contributed by atoms with Crippen molar-refractivity contribution in [3.63, 3.8) is 0 Å². The third kappa shape index (κ3) is 4.04. The van der Waals surface area contributed by atoms with Gasteiger partial charge in [-0.2, -0.15) is 16.7 Å². The zero-order valence-electron chi connectivity index (χ0n) is 15.8. The highest BCUT2D eigenvalue weighted by molar-refractivity contribution is 7.99. The van der Waals surface area contributed by atoms with Gasteiger partial charge in [0.25, 0.3) is 5.92 Å². The first kappa shape index (κ1) is 19.3. The Labute approximate surface area is 166 Å². The zero-order chi connectivity index (χ0) is 19.7. The van der Waals surface area contributed by atoms with E-state index in [-0.39, 0.29) is 31.7 Å². The van der Waals surface area contributed by atoms with Gasteiger partial charge in [-0.15, -0.1) is 0 Å². The monoisotopic (exact) mass is 410 g/mol. The molecule has 3 heterocycles. The average Bonchev–Trinajstić information content (AvgIpc) is 2.68. The normalized spacial score (nSPS) is 20.3. The SMILES string of the molecule is COc1cc2c(NC3CCSCC3)nc(N3CCC(F)(F)CC3)nc2cc1O. The van der Waals surface area contributed by atoms with Gasteiger partial charge in [0.2, 0.25) is 5.95 Å². The molecule has 0 unspecified atom stereocenters. The van der Waals surface area contributed by atoms with E-state index in [2.05, 4.69) is 15.3 Å². The fraction of sp³-hybridized carbons (Fsp3) is 0.579. The van der Waals surface area contributed by atoms with Crippen LogP contribution in [0.15, 0.2) is 12.1 Å². The first-order valence-electron chi connectivity index (χ1n) is 9.51. The summed E-state index contributed by atoms with van der Waals surface area (Å²) in [6.45, 7) is 0.417. The van der Waals surface area contributed by atoms with Gasteiger partial charge in [-0.3, -0.25) is 0 Å². The molecule has 0 radical (unpaired) electrons. The predicted octanol–water partition coefficient (Wildman–Crippen LogP) is 3.89. The smallest absolute Gasteiger partial charge is 0.251 e. The quantitative estimate of drug-likeness (QED) is 0.792. The Kier molecular flexibility index (Phi) is 5.35. The molecule has 1 aromatic carbocycles. The van der Waals surface area contributed by atoms with Crippen LogP contribution in [0.2, 0.25) is 0 Å². The van der Waals surface area contributed by atoms with Gasteiger partial charge >= 0.3 is 0 Å². The van der Waals surface area contributed by atoms with E-state index in [1.807, 2.05) is 11.8 Å². The molecule has 2 fully saturated rings.